The second-order valence-electron chi connectivity index (χ2n) is 7.59. The first-order valence-electron chi connectivity index (χ1n) is 7.86. The van der Waals surface area contributed by atoms with Gasteiger partial charge in [0.05, 0.1) is 0 Å². The molecule has 1 amide bonds. The number of hydrogen-bond acceptors (Lipinski definition) is 1. The smallest absolute Gasteiger partial charge is 0.252 e. The van der Waals surface area contributed by atoms with Gasteiger partial charge in [-0.25, -0.2) is 0 Å². The quantitative estimate of drug-likeness (QED) is 0.760. The monoisotopic (exact) mass is 271 g/mol. The van der Waals surface area contributed by atoms with Crippen LogP contribution in [0.5, 0.6) is 0 Å². The molecule has 1 fully saturated rings. The molecule has 0 atom stereocenters. The van der Waals surface area contributed by atoms with Crippen LogP contribution in [0.1, 0.15) is 74.4 Å². The third-order valence-corrected chi connectivity index (χ3v) is 4.94. The van der Waals surface area contributed by atoms with Gasteiger partial charge >= 0.3 is 0 Å². The molecule has 0 saturated heterocycles. The fourth-order valence-corrected chi connectivity index (χ4v) is 3.66. The molecule has 2 aliphatic rings. The van der Waals surface area contributed by atoms with Crippen molar-refractivity contribution >= 4 is 5.91 Å². The van der Waals surface area contributed by atoms with Gasteiger partial charge in [-0.15, -0.1) is 0 Å². The first-order valence-corrected chi connectivity index (χ1v) is 7.86. The highest BCUT2D eigenvalue weighted by Gasteiger charge is 2.38. The Bertz CT molecular complexity index is 533. The number of carbonyl (C=O) groups is 1. The summed E-state index contributed by atoms with van der Waals surface area (Å²) in [5.41, 5.74) is 3.52. The van der Waals surface area contributed by atoms with Crippen molar-refractivity contribution in [2.24, 2.45) is 0 Å². The van der Waals surface area contributed by atoms with Gasteiger partial charge in [-0.3, -0.25) is 4.79 Å². The number of amides is 1. The molecule has 1 spiro atoms. The van der Waals surface area contributed by atoms with Crippen LogP contribution in [0.25, 0.3) is 0 Å². The van der Waals surface area contributed by atoms with Crippen LogP contribution in [0.4, 0.5) is 0 Å². The molecule has 0 unspecified atom stereocenters. The number of benzene rings is 1. The van der Waals surface area contributed by atoms with Crippen LogP contribution in [0, 0.1) is 0 Å². The van der Waals surface area contributed by atoms with Crippen molar-refractivity contribution < 1.29 is 4.79 Å². The normalized spacial score (nSPS) is 21.4. The predicted molar refractivity (Wildman–Crippen MR) is 82.1 cm³/mol. The van der Waals surface area contributed by atoms with Crippen LogP contribution in [-0.4, -0.2) is 11.4 Å². The van der Waals surface area contributed by atoms with Gasteiger partial charge < -0.3 is 5.32 Å². The van der Waals surface area contributed by atoms with E-state index < -0.39 is 0 Å². The Labute approximate surface area is 122 Å². The second kappa shape index (κ2) is 4.61. The van der Waals surface area contributed by atoms with E-state index in [1.54, 1.807) is 0 Å². The highest BCUT2D eigenvalue weighted by atomic mass is 16.1. The van der Waals surface area contributed by atoms with E-state index in [1.807, 2.05) is 0 Å². The molecule has 20 heavy (non-hydrogen) atoms. The second-order valence-corrected chi connectivity index (χ2v) is 7.59. The molecular formula is C18H25NO. The van der Waals surface area contributed by atoms with Gasteiger partial charge in [0.2, 0.25) is 0 Å². The molecule has 0 bridgehead atoms. The zero-order valence-corrected chi connectivity index (χ0v) is 12.9. The lowest BCUT2D eigenvalue weighted by Gasteiger charge is -2.42. The summed E-state index contributed by atoms with van der Waals surface area (Å²) < 4.78 is 0. The lowest BCUT2D eigenvalue weighted by Crippen LogP contribution is -2.54. The fourth-order valence-electron chi connectivity index (χ4n) is 3.66. The molecule has 1 aromatic rings. The molecule has 1 aliphatic heterocycles. The molecule has 1 N–H and O–H groups in total. The Hall–Kier alpha value is -1.31. The summed E-state index contributed by atoms with van der Waals surface area (Å²) in [6.45, 7) is 6.58. The maximum Gasteiger partial charge on any atom is 0.252 e. The minimum Gasteiger partial charge on any atom is -0.346 e. The van der Waals surface area contributed by atoms with E-state index in [1.165, 1.54) is 30.4 Å². The minimum absolute atomic E-state index is 0.0472. The number of rotatable bonds is 0. The Morgan fingerprint density at radius 3 is 2.45 bits per heavy atom. The Balaban J connectivity index is 1.96. The lowest BCUT2D eigenvalue weighted by atomic mass is 9.73. The molecule has 1 aliphatic carbocycles. The molecule has 108 valence electrons. The van der Waals surface area contributed by atoms with Crippen LogP contribution in [-0.2, 0) is 11.8 Å². The summed E-state index contributed by atoms with van der Waals surface area (Å²) in [6.07, 6.45) is 7.09. The van der Waals surface area contributed by atoms with Gasteiger partial charge in [0.15, 0.2) is 0 Å². The zero-order chi connectivity index (χ0) is 14.4. The minimum atomic E-state index is 0.0472. The topological polar surface area (TPSA) is 29.1 Å². The van der Waals surface area contributed by atoms with E-state index >= 15 is 0 Å². The van der Waals surface area contributed by atoms with Crippen LogP contribution in [0.2, 0.25) is 0 Å². The van der Waals surface area contributed by atoms with Crippen LogP contribution in [0.3, 0.4) is 0 Å². The van der Waals surface area contributed by atoms with Crippen molar-refractivity contribution in [3.05, 3.63) is 34.9 Å². The summed E-state index contributed by atoms with van der Waals surface area (Å²) in [7, 11) is 0. The first-order chi connectivity index (χ1) is 9.40. The molecule has 2 heteroatoms. The number of fused-ring (bicyclic) bond motifs is 1. The third-order valence-electron chi connectivity index (χ3n) is 4.94. The SMILES string of the molecule is CC(C)(C)c1ccc2c(c1)C(=O)NC1(CCCCC1)C2. The standard InChI is InChI=1S/C18H25NO/c1-17(2,3)14-8-7-13-12-18(9-5-4-6-10-18)19-16(20)15(13)11-14/h7-8,11H,4-6,9-10,12H2,1-3H3,(H,19,20). The van der Waals surface area contributed by atoms with Crippen molar-refractivity contribution in [2.75, 3.05) is 0 Å². The van der Waals surface area contributed by atoms with E-state index in [2.05, 4.69) is 44.3 Å². The predicted octanol–water partition coefficient (Wildman–Crippen LogP) is 3.97. The molecule has 1 aromatic carbocycles. The van der Waals surface area contributed by atoms with Crippen molar-refractivity contribution in [1.82, 2.24) is 5.32 Å². The molecule has 3 rings (SSSR count). The van der Waals surface area contributed by atoms with Gasteiger partial charge in [0, 0.05) is 11.1 Å². The maximum absolute atomic E-state index is 12.5. The number of hydrogen-bond donors (Lipinski definition) is 1. The van der Waals surface area contributed by atoms with Crippen molar-refractivity contribution in [3.63, 3.8) is 0 Å². The van der Waals surface area contributed by atoms with E-state index in [0.717, 1.165) is 24.8 Å². The maximum atomic E-state index is 12.5. The van der Waals surface area contributed by atoms with E-state index in [0.29, 0.717) is 0 Å². The van der Waals surface area contributed by atoms with E-state index in [9.17, 15) is 4.79 Å². The highest BCUT2D eigenvalue weighted by molar-refractivity contribution is 5.97. The Kier molecular flexibility index (Phi) is 3.15. The van der Waals surface area contributed by atoms with Gasteiger partial charge in [-0.2, -0.15) is 0 Å². The van der Waals surface area contributed by atoms with E-state index in [4.69, 9.17) is 0 Å². The fraction of sp³-hybridized carbons (Fsp3) is 0.611. The first kappa shape index (κ1) is 13.7. The summed E-state index contributed by atoms with van der Waals surface area (Å²) in [4.78, 5) is 12.5. The third kappa shape index (κ3) is 2.36. The zero-order valence-electron chi connectivity index (χ0n) is 12.9. The average molecular weight is 271 g/mol. The van der Waals surface area contributed by atoms with Gasteiger partial charge in [0.25, 0.3) is 5.91 Å². The van der Waals surface area contributed by atoms with Gasteiger partial charge in [0.1, 0.15) is 0 Å². The number of nitrogens with one attached hydrogen (secondary N) is 1. The van der Waals surface area contributed by atoms with Crippen LogP contribution < -0.4 is 5.32 Å². The summed E-state index contributed by atoms with van der Waals surface area (Å²) >= 11 is 0. The van der Waals surface area contributed by atoms with Crippen molar-refractivity contribution in [1.29, 1.82) is 0 Å². The highest BCUT2D eigenvalue weighted by Crippen LogP contribution is 2.36. The summed E-state index contributed by atoms with van der Waals surface area (Å²) in [5.74, 6) is 0.138. The molecule has 0 radical (unpaired) electrons. The molecule has 0 aromatic heterocycles. The average Bonchev–Trinajstić information content (AvgIpc) is 2.38. The van der Waals surface area contributed by atoms with Crippen molar-refractivity contribution in [2.45, 2.75) is 70.3 Å². The molecular weight excluding hydrogens is 246 g/mol. The molecule has 1 saturated carbocycles. The van der Waals surface area contributed by atoms with Crippen LogP contribution >= 0.6 is 0 Å². The molecule has 1 heterocycles. The summed E-state index contributed by atoms with van der Waals surface area (Å²) in [5, 5.41) is 3.33. The number of carbonyl (C=O) groups excluding carboxylic acids is 1. The van der Waals surface area contributed by atoms with Gasteiger partial charge in [-0.1, -0.05) is 52.2 Å². The van der Waals surface area contributed by atoms with E-state index in [-0.39, 0.29) is 16.9 Å². The van der Waals surface area contributed by atoms with Crippen molar-refractivity contribution in [3.8, 4) is 0 Å². The van der Waals surface area contributed by atoms with Crippen LogP contribution in [0.15, 0.2) is 18.2 Å². The Morgan fingerprint density at radius 1 is 1.10 bits per heavy atom. The lowest BCUT2D eigenvalue weighted by molar-refractivity contribution is 0.0844. The summed E-state index contributed by atoms with van der Waals surface area (Å²) in [6, 6.07) is 6.49. The molecule has 2 nitrogen and oxygen atoms in total. The Morgan fingerprint density at radius 2 is 1.80 bits per heavy atom. The van der Waals surface area contributed by atoms with Gasteiger partial charge in [-0.05, 0) is 41.9 Å². The largest absolute Gasteiger partial charge is 0.346 e.